The van der Waals surface area contributed by atoms with E-state index in [9.17, 15) is 22.8 Å². The van der Waals surface area contributed by atoms with Crippen molar-refractivity contribution in [3.05, 3.63) is 87.7 Å². The second-order valence-corrected chi connectivity index (χ2v) is 7.85. The molecule has 35 heavy (non-hydrogen) atoms. The van der Waals surface area contributed by atoms with Gasteiger partial charge in [0.1, 0.15) is 11.4 Å². The molecule has 0 N–H and O–H groups in total. The quantitative estimate of drug-likeness (QED) is 0.445. The van der Waals surface area contributed by atoms with Crippen LogP contribution >= 0.6 is 11.6 Å². The first kappa shape index (κ1) is 25.9. The number of carbonyl (C=O) groups excluding carboxylic acids is 2. The Morgan fingerprint density at radius 2 is 1.57 bits per heavy atom. The summed E-state index contributed by atoms with van der Waals surface area (Å²) in [6, 6.07) is 6.08. The van der Waals surface area contributed by atoms with E-state index in [1.165, 1.54) is 24.4 Å². The van der Waals surface area contributed by atoms with Gasteiger partial charge in [-0.05, 0) is 67.5 Å². The number of halogens is 4. The summed E-state index contributed by atoms with van der Waals surface area (Å²) in [5.74, 6) is -1.55. The first-order valence-corrected chi connectivity index (χ1v) is 10.6. The Labute approximate surface area is 204 Å². The Bertz CT molecular complexity index is 1240. The molecule has 3 rings (SSSR count). The van der Waals surface area contributed by atoms with Crippen LogP contribution in [0.2, 0.25) is 5.02 Å². The fourth-order valence-corrected chi connectivity index (χ4v) is 3.52. The van der Waals surface area contributed by atoms with Gasteiger partial charge in [-0.2, -0.15) is 13.2 Å². The van der Waals surface area contributed by atoms with Crippen molar-refractivity contribution in [2.45, 2.75) is 20.0 Å². The molecule has 0 radical (unpaired) electrons. The van der Waals surface area contributed by atoms with E-state index >= 15 is 0 Å². The van der Waals surface area contributed by atoms with Gasteiger partial charge in [0, 0.05) is 11.2 Å². The van der Waals surface area contributed by atoms with Crippen molar-refractivity contribution >= 4 is 29.2 Å². The molecule has 0 saturated carbocycles. The van der Waals surface area contributed by atoms with Crippen molar-refractivity contribution in [2.24, 2.45) is 0 Å². The maximum atomic E-state index is 13.6. The standard InChI is InChI=1S/C25H21ClF3NO5/c1-14-11-17(12-15(2)21(14)26)35-20-9-8-16(25(27,28)29)13-19(20)30-10-6-5-7-18(23(31)33-3)22(30)24(32)34-4/h5-13H,1-4H3. The molecule has 0 unspecified atom stereocenters. The van der Waals surface area contributed by atoms with E-state index in [-0.39, 0.29) is 22.7 Å². The molecule has 10 heteroatoms. The van der Waals surface area contributed by atoms with Crippen molar-refractivity contribution in [1.82, 2.24) is 0 Å². The third-order valence-electron chi connectivity index (χ3n) is 5.07. The molecule has 6 nitrogen and oxygen atoms in total. The predicted octanol–water partition coefficient (Wildman–Crippen LogP) is 6.26. The maximum absolute atomic E-state index is 13.6. The van der Waals surface area contributed by atoms with E-state index in [0.29, 0.717) is 21.9 Å². The Morgan fingerprint density at radius 3 is 2.14 bits per heavy atom. The predicted molar refractivity (Wildman–Crippen MR) is 124 cm³/mol. The summed E-state index contributed by atoms with van der Waals surface area (Å²) >= 11 is 6.22. The van der Waals surface area contributed by atoms with E-state index in [1.54, 1.807) is 26.0 Å². The summed E-state index contributed by atoms with van der Waals surface area (Å²) in [4.78, 5) is 26.3. The number of rotatable bonds is 5. The number of ether oxygens (including phenoxy) is 3. The van der Waals surface area contributed by atoms with Crippen LogP contribution in [0, 0.1) is 13.8 Å². The molecule has 0 fully saturated rings. The fourth-order valence-electron chi connectivity index (χ4n) is 3.41. The highest BCUT2D eigenvalue weighted by Crippen LogP contribution is 2.41. The SMILES string of the molecule is COC(=O)C1=C(C(=O)OC)N(c2cc(C(F)(F)F)ccc2Oc2cc(C)c(Cl)c(C)c2)C=CC=C1. The molecule has 0 bridgehead atoms. The molecule has 0 atom stereocenters. The van der Waals surface area contributed by atoms with Crippen molar-refractivity contribution in [2.75, 3.05) is 19.1 Å². The molecule has 0 saturated heterocycles. The Hall–Kier alpha value is -3.72. The monoisotopic (exact) mass is 507 g/mol. The largest absolute Gasteiger partial charge is 0.465 e. The molecule has 2 aromatic carbocycles. The lowest BCUT2D eigenvalue weighted by atomic mass is 10.1. The Balaban J connectivity index is 2.27. The highest BCUT2D eigenvalue weighted by atomic mass is 35.5. The summed E-state index contributed by atoms with van der Waals surface area (Å²) in [5, 5.41) is 0.533. The average Bonchev–Trinajstić information content (AvgIpc) is 3.04. The van der Waals surface area contributed by atoms with Crippen LogP contribution in [0.25, 0.3) is 0 Å². The second-order valence-electron chi connectivity index (χ2n) is 7.47. The van der Waals surface area contributed by atoms with Crippen molar-refractivity contribution in [1.29, 1.82) is 0 Å². The molecule has 0 aromatic heterocycles. The molecule has 184 valence electrons. The minimum atomic E-state index is -4.69. The fraction of sp³-hybridized carbons (Fsp3) is 0.200. The molecule has 1 aliphatic heterocycles. The molecule has 2 aromatic rings. The molecule has 0 aliphatic carbocycles. The van der Waals surface area contributed by atoms with Crippen LogP contribution in [-0.2, 0) is 25.2 Å². The van der Waals surface area contributed by atoms with Gasteiger partial charge in [-0.3, -0.25) is 0 Å². The second kappa shape index (κ2) is 10.3. The van der Waals surface area contributed by atoms with Gasteiger partial charge in [-0.25, -0.2) is 9.59 Å². The number of carbonyl (C=O) groups is 2. The number of benzene rings is 2. The highest BCUT2D eigenvalue weighted by Gasteiger charge is 2.34. The highest BCUT2D eigenvalue weighted by molar-refractivity contribution is 6.32. The molecule has 1 heterocycles. The van der Waals surface area contributed by atoms with E-state index in [0.717, 1.165) is 37.3 Å². The number of methoxy groups -OCH3 is 2. The van der Waals surface area contributed by atoms with Crippen LogP contribution in [0.5, 0.6) is 11.5 Å². The molecule has 0 amide bonds. The minimum absolute atomic E-state index is 0.0173. The number of hydrogen-bond donors (Lipinski definition) is 0. The number of anilines is 1. The smallest absolute Gasteiger partial charge is 0.416 e. The molecule has 1 aliphatic rings. The third-order valence-corrected chi connectivity index (χ3v) is 5.67. The van der Waals surface area contributed by atoms with Crippen molar-refractivity contribution in [3.8, 4) is 11.5 Å². The van der Waals surface area contributed by atoms with Gasteiger partial charge in [-0.15, -0.1) is 0 Å². The normalized spacial score (nSPS) is 13.5. The molecular formula is C25H21ClF3NO5. The van der Waals surface area contributed by atoms with Gasteiger partial charge < -0.3 is 19.1 Å². The minimum Gasteiger partial charge on any atom is -0.465 e. The average molecular weight is 508 g/mol. The van der Waals surface area contributed by atoms with Crippen LogP contribution in [-0.4, -0.2) is 26.2 Å². The number of aryl methyl sites for hydroxylation is 2. The van der Waals surface area contributed by atoms with Crippen molar-refractivity contribution in [3.63, 3.8) is 0 Å². The molecular weight excluding hydrogens is 487 g/mol. The lowest BCUT2D eigenvalue weighted by Gasteiger charge is -2.26. The van der Waals surface area contributed by atoms with Crippen LogP contribution in [0.3, 0.4) is 0 Å². The van der Waals surface area contributed by atoms with Gasteiger partial charge in [0.2, 0.25) is 0 Å². The topological polar surface area (TPSA) is 65.1 Å². The van der Waals surface area contributed by atoms with Crippen LogP contribution in [0.1, 0.15) is 16.7 Å². The maximum Gasteiger partial charge on any atom is 0.416 e. The van der Waals surface area contributed by atoms with Gasteiger partial charge in [-0.1, -0.05) is 17.7 Å². The molecule has 0 spiro atoms. The van der Waals surface area contributed by atoms with Gasteiger partial charge >= 0.3 is 18.1 Å². The van der Waals surface area contributed by atoms with Crippen LogP contribution < -0.4 is 9.64 Å². The number of nitrogens with zero attached hydrogens (tertiary/aromatic N) is 1. The van der Waals surface area contributed by atoms with Crippen LogP contribution in [0.15, 0.2) is 66.0 Å². The van der Waals surface area contributed by atoms with E-state index in [1.807, 2.05) is 0 Å². The van der Waals surface area contributed by atoms with Gasteiger partial charge in [0.25, 0.3) is 0 Å². The summed E-state index contributed by atoms with van der Waals surface area (Å²) < 4.78 is 56.4. The summed E-state index contributed by atoms with van der Waals surface area (Å²) in [6.07, 6.45) is 0.817. The number of allylic oxidation sites excluding steroid dienone is 2. The number of alkyl halides is 3. The van der Waals surface area contributed by atoms with E-state index in [2.05, 4.69) is 0 Å². The Morgan fingerprint density at radius 1 is 0.943 bits per heavy atom. The van der Waals surface area contributed by atoms with E-state index in [4.69, 9.17) is 25.8 Å². The number of esters is 2. The number of hydrogen-bond acceptors (Lipinski definition) is 6. The summed E-state index contributed by atoms with van der Waals surface area (Å²) in [7, 11) is 2.20. The third kappa shape index (κ3) is 5.51. The van der Waals surface area contributed by atoms with Gasteiger partial charge in [0.15, 0.2) is 5.75 Å². The summed E-state index contributed by atoms with van der Waals surface area (Å²) in [5.41, 5.74) is -0.304. The van der Waals surface area contributed by atoms with Crippen LogP contribution in [0.4, 0.5) is 18.9 Å². The zero-order valence-electron chi connectivity index (χ0n) is 19.2. The lowest BCUT2D eigenvalue weighted by molar-refractivity contribution is -0.139. The van der Waals surface area contributed by atoms with Gasteiger partial charge in [0.05, 0.1) is 31.0 Å². The Kier molecular flexibility index (Phi) is 7.60. The first-order chi connectivity index (χ1) is 16.5. The first-order valence-electron chi connectivity index (χ1n) is 10.2. The van der Waals surface area contributed by atoms with E-state index < -0.39 is 23.7 Å². The summed E-state index contributed by atoms with van der Waals surface area (Å²) in [6.45, 7) is 3.53. The lowest BCUT2D eigenvalue weighted by Crippen LogP contribution is -2.27. The zero-order chi connectivity index (χ0) is 25.9. The zero-order valence-corrected chi connectivity index (χ0v) is 20.0. The van der Waals surface area contributed by atoms with Crippen molar-refractivity contribution < 1.29 is 37.0 Å².